The number of aliphatic hydroxyl groups excluding tert-OH is 1. The summed E-state index contributed by atoms with van der Waals surface area (Å²) in [5.41, 5.74) is 1.91. The van der Waals surface area contributed by atoms with E-state index in [0.717, 1.165) is 5.56 Å². The van der Waals surface area contributed by atoms with Gasteiger partial charge in [-0.05, 0) is 61.4 Å². The van der Waals surface area contributed by atoms with Crippen molar-refractivity contribution in [2.75, 3.05) is 6.61 Å². The van der Waals surface area contributed by atoms with Gasteiger partial charge in [0, 0.05) is 10.0 Å². The summed E-state index contributed by atoms with van der Waals surface area (Å²) in [6.07, 6.45) is 0. The van der Waals surface area contributed by atoms with Gasteiger partial charge in [0.15, 0.2) is 9.84 Å². The van der Waals surface area contributed by atoms with Gasteiger partial charge in [-0.15, -0.1) is 0 Å². The van der Waals surface area contributed by atoms with Gasteiger partial charge >= 0.3 is 5.97 Å². The molecule has 0 fully saturated rings. The molecule has 2 N–H and O–H groups in total. The fraction of sp³-hybridized carbons (Fsp3) is 0.222. The van der Waals surface area contributed by atoms with Gasteiger partial charge < -0.3 is 9.84 Å². The van der Waals surface area contributed by atoms with Crippen molar-refractivity contribution in [3.8, 4) is 0 Å². The molecular weight excluding hydrogens is 521 g/mol. The molecule has 1 aliphatic heterocycles. The van der Waals surface area contributed by atoms with Crippen LogP contribution in [0.5, 0.6) is 0 Å². The minimum absolute atomic E-state index is 0.0264. The van der Waals surface area contributed by atoms with E-state index in [0.29, 0.717) is 21.2 Å². The Hall–Kier alpha value is -2.84. The molecule has 0 aliphatic carbocycles. The van der Waals surface area contributed by atoms with Crippen molar-refractivity contribution >= 4 is 39.0 Å². The van der Waals surface area contributed by atoms with Crippen LogP contribution in [0.2, 0.25) is 10.0 Å². The number of benzene rings is 3. The minimum Gasteiger partial charge on any atom is -0.510 e. The zero-order valence-electron chi connectivity index (χ0n) is 19.6. The van der Waals surface area contributed by atoms with E-state index in [-0.39, 0.29) is 17.1 Å². The van der Waals surface area contributed by atoms with Crippen molar-refractivity contribution in [2.45, 2.75) is 36.1 Å². The van der Waals surface area contributed by atoms with E-state index in [1.165, 1.54) is 12.1 Å². The van der Waals surface area contributed by atoms with Gasteiger partial charge in [-0.25, -0.2) is 13.2 Å². The average molecular weight is 546 g/mol. The largest absolute Gasteiger partial charge is 0.510 e. The Morgan fingerprint density at radius 1 is 0.917 bits per heavy atom. The van der Waals surface area contributed by atoms with Crippen LogP contribution in [0.25, 0.3) is 0 Å². The molecule has 0 spiro atoms. The van der Waals surface area contributed by atoms with Gasteiger partial charge in [0.2, 0.25) is 0 Å². The van der Waals surface area contributed by atoms with E-state index in [2.05, 4.69) is 5.32 Å². The van der Waals surface area contributed by atoms with Crippen molar-refractivity contribution in [3.63, 3.8) is 0 Å². The Bertz CT molecular complexity index is 1390. The molecular formula is C27H25Cl2NO5S. The van der Waals surface area contributed by atoms with Crippen molar-refractivity contribution < 1.29 is 23.1 Å². The highest BCUT2D eigenvalue weighted by Crippen LogP contribution is 2.42. The number of hydrogen-bond donors (Lipinski definition) is 2. The lowest BCUT2D eigenvalue weighted by Gasteiger charge is -2.38. The number of carbonyl (C=O) groups is 1. The van der Waals surface area contributed by atoms with Crippen LogP contribution in [0.15, 0.2) is 89.0 Å². The average Bonchev–Trinajstić information content (AvgIpc) is 2.84. The summed E-state index contributed by atoms with van der Waals surface area (Å²) in [4.78, 5) is 13.1. The molecule has 0 saturated heterocycles. The van der Waals surface area contributed by atoms with Crippen LogP contribution in [-0.2, 0) is 19.4 Å². The normalized spacial score (nSPS) is 20.3. The maximum atomic E-state index is 13.9. The van der Waals surface area contributed by atoms with Crippen molar-refractivity contribution in [2.24, 2.45) is 0 Å². The van der Waals surface area contributed by atoms with E-state index < -0.39 is 38.9 Å². The van der Waals surface area contributed by atoms with Crippen LogP contribution in [0.4, 0.5) is 0 Å². The molecule has 0 saturated carbocycles. The number of carbonyl (C=O) groups excluding carboxylic acids is 1. The third kappa shape index (κ3) is 5.15. The van der Waals surface area contributed by atoms with E-state index in [9.17, 15) is 18.3 Å². The quantitative estimate of drug-likeness (QED) is 0.374. The van der Waals surface area contributed by atoms with Gasteiger partial charge in [-0.1, -0.05) is 65.2 Å². The Balaban J connectivity index is 1.96. The lowest BCUT2D eigenvalue weighted by molar-refractivity contribution is -0.139. The second-order valence-corrected chi connectivity index (χ2v) is 11.4. The molecule has 6 nitrogen and oxygen atoms in total. The molecule has 0 unspecified atom stereocenters. The summed E-state index contributed by atoms with van der Waals surface area (Å²) in [5.74, 6) is -1.37. The number of ether oxygens (including phenoxy) is 1. The molecule has 4 rings (SSSR count). The predicted molar refractivity (Wildman–Crippen MR) is 140 cm³/mol. The number of esters is 1. The van der Waals surface area contributed by atoms with E-state index in [4.69, 9.17) is 27.9 Å². The second-order valence-electron chi connectivity index (χ2n) is 8.48. The van der Waals surface area contributed by atoms with Gasteiger partial charge in [-0.3, -0.25) is 5.32 Å². The Morgan fingerprint density at radius 2 is 1.44 bits per heavy atom. The number of rotatable bonds is 6. The molecule has 188 valence electrons. The standard InChI is InChI=1S/C27H25Cl2NO5S/c1-3-35-27(32)22-23(17-6-10-19(28)11-7-17)30-24(18-8-12-20(29)13-9-18)26(25(22)31)36(33,34)21-14-4-16(2)5-15-21/h4-15,23-24,26,30-31H,3H2,1-2H3/t23-,24-,26-/m0/s1. The first-order chi connectivity index (χ1) is 17.1. The van der Waals surface area contributed by atoms with Gasteiger partial charge in [-0.2, -0.15) is 0 Å². The summed E-state index contributed by atoms with van der Waals surface area (Å²) < 4.78 is 33.1. The number of aryl methyl sites for hydroxylation is 1. The molecule has 0 aromatic heterocycles. The molecule has 3 aromatic rings. The van der Waals surface area contributed by atoms with Crippen molar-refractivity contribution in [1.82, 2.24) is 5.32 Å². The Kier molecular flexibility index (Phi) is 7.76. The lowest BCUT2D eigenvalue weighted by Crippen LogP contribution is -2.47. The summed E-state index contributed by atoms with van der Waals surface area (Å²) in [6, 6.07) is 18.0. The van der Waals surface area contributed by atoms with Crippen LogP contribution in [0.1, 0.15) is 35.7 Å². The highest BCUT2D eigenvalue weighted by Gasteiger charge is 2.48. The molecule has 0 bridgehead atoms. The number of aliphatic hydroxyl groups is 1. The van der Waals surface area contributed by atoms with Crippen LogP contribution >= 0.6 is 23.2 Å². The van der Waals surface area contributed by atoms with Gasteiger partial charge in [0.25, 0.3) is 0 Å². The summed E-state index contributed by atoms with van der Waals surface area (Å²) in [5, 5.41) is 14.3. The van der Waals surface area contributed by atoms with E-state index >= 15 is 0 Å². The van der Waals surface area contributed by atoms with Crippen LogP contribution < -0.4 is 5.32 Å². The zero-order valence-corrected chi connectivity index (χ0v) is 21.9. The highest BCUT2D eigenvalue weighted by molar-refractivity contribution is 7.92. The van der Waals surface area contributed by atoms with Gasteiger partial charge in [0.05, 0.1) is 29.2 Å². The smallest absolute Gasteiger partial charge is 0.339 e. The summed E-state index contributed by atoms with van der Waals surface area (Å²) in [7, 11) is -4.16. The topological polar surface area (TPSA) is 92.7 Å². The minimum atomic E-state index is -4.16. The fourth-order valence-electron chi connectivity index (χ4n) is 4.30. The molecule has 1 heterocycles. The number of sulfone groups is 1. The van der Waals surface area contributed by atoms with Crippen LogP contribution in [0.3, 0.4) is 0 Å². The first kappa shape index (κ1) is 26.2. The predicted octanol–water partition coefficient (Wildman–Crippen LogP) is 5.91. The second kappa shape index (κ2) is 10.6. The summed E-state index contributed by atoms with van der Waals surface area (Å²) in [6.45, 7) is 3.54. The van der Waals surface area contributed by atoms with Crippen molar-refractivity contribution in [3.05, 3.63) is 111 Å². The highest BCUT2D eigenvalue weighted by atomic mass is 35.5. The Morgan fingerprint density at radius 3 is 1.97 bits per heavy atom. The SMILES string of the molecule is CCOC(=O)C1=C(O)[C@@H](S(=O)(=O)c2ccc(C)cc2)[C@H](c2ccc(Cl)cc2)N[C@H]1c1ccc(Cl)cc1. The molecule has 36 heavy (non-hydrogen) atoms. The number of hydrogen-bond acceptors (Lipinski definition) is 6. The summed E-state index contributed by atoms with van der Waals surface area (Å²) >= 11 is 12.1. The molecule has 9 heteroatoms. The third-order valence-corrected chi connectivity index (χ3v) is 8.69. The fourth-order valence-corrected chi connectivity index (χ4v) is 6.38. The molecule has 3 aromatic carbocycles. The first-order valence-electron chi connectivity index (χ1n) is 11.3. The first-order valence-corrected chi connectivity index (χ1v) is 13.6. The van der Waals surface area contributed by atoms with Crippen molar-refractivity contribution in [1.29, 1.82) is 0 Å². The zero-order chi connectivity index (χ0) is 26.0. The lowest BCUT2D eigenvalue weighted by atomic mass is 9.88. The van der Waals surface area contributed by atoms with E-state index in [1.807, 2.05) is 6.92 Å². The number of nitrogens with one attached hydrogen (secondary N) is 1. The molecule has 0 amide bonds. The van der Waals surface area contributed by atoms with E-state index in [1.54, 1.807) is 67.6 Å². The number of halogens is 2. The maximum absolute atomic E-state index is 13.9. The molecule has 3 atom stereocenters. The van der Waals surface area contributed by atoms with Crippen LogP contribution in [-0.4, -0.2) is 31.4 Å². The maximum Gasteiger partial charge on any atom is 0.339 e. The molecule has 1 aliphatic rings. The Labute approximate surface area is 220 Å². The monoisotopic (exact) mass is 545 g/mol. The van der Waals surface area contributed by atoms with Gasteiger partial charge in [0.1, 0.15) is 11.0 Å². The van der Waals surface area contributed by atoms with Crippen LogP contribution in [0, 0.1) is 6.92 Å². The third-order valence-electron chi connectivity index (χ3n) is 6.09. The molecule has 0 radical (unpaired) electrons.